The lowest BCUT2D eigenvalue weighted by atomic mass is 9.85. The van der Waals surface area contributed by atoms with Crippen LogP contribution < -0.4 is 0 Å². The topological polar surface area (TPSA) is 80.6 Å². The fourth-order valence-electron chi connectivity index (χ4n) is 5.88. The van der Waals surface area contributed by atoms with Crippen molar-refractivity contribution >= 4 is 11.7 Å². The maximum atomic E-state index is 13.8. The second kappa shape index (κ2) is 13.2. The lowest BCUT2D eigenvalue weighted by Crippen LogP contribution is -2.25. The number of aromatic nitrogens is 3. The Balaban J connectivity index is 1.42. The summed E-state index contributed by atoms with van der Waals surface area (Å²) in [5.74, 6) is 0.583. The number of likely N-dealkylation sites (tertiary alicyclic amines) is 1. The van der Waals surface area contributed by atoms with Gasteiger partial charge in [0.2, 0.25) is 0 Å². The molecule has 0 spiro atoms. The van der Waals surface area contributed by atoms with E-state index in [1.54, 1.807) is 33.5 Å². The Kier molecular flexibility index (Phi) is 9.25. The van der Waals surface area contributed by atoms with Gasteiger partial charge in [0.15, 0.2) is 0 Å². The highest BCUT2D eigenvalue weighted by atomic mass is 16.5. The second-order valence-corrected chi connectivity index (χ2v) is 11.2. The van der Waals surface area contributed by atoms with E-state index >= 15 is 0 Å². The molecule has 8 heteroatoms. The van der Waals surface area contributed by atoms with Crippen molar-refractivity contribution < 1.29 is 14.3 Å². The number of para-hydroxylation sites is 1. The van der Waals surface area contributed by atoms with Crippen molar-refractivity contribution in [3.8, 4) is 16.9 Å². The van der Waals surface area contributed by atoms with Crippen molar-refractivity contribution in [2.45, 2.75) is 25.7 Å². The van der Waals surface area contributed by atoms with E-state index in [1.807, 2.05) is 54.1 Å². The number of methoxy groups -OCH3 is 1. The summed E-state index contributed by atoms with van der Waals surface area (Å²) >= 11 is 0. The number of ketones is 1. The summed E-state index contributed by atoms with van der Waals surface area (Å²) in [5, 5.41) is 4.96. The molecule has 1 amide bonds. The molecule has 0 bridgehead atoms. The molecule has 2 aromatic carbocycles. The summed E-state index contributed by atoms with van der Waals surface area (Å²) in [4.78, 5) is 34.5. The highest BCUT2D eigenvalue weighted by Gasteiger charge is 2.35. The van der Waals surface area contributed by atoms with Crippen LogP contribution in [-0.2, 0) is 16.0 Å². The number of pyridine rings is 1. The zero-order chi connectivity index (χ0) is 29.6. The molecule has 2 atom stereocenters. The van der Waals surface area contributed by atoms with E-state index in [2.05, 4.69) is 34.1 Å². The number of Topliss-reactive ketones (excluding diaryl/α,β-unsaturated/α-hetero) is 1. The molecule has 8 nitrogen and oxygen atoms in total. The summed E-state index contributed by atoms with van der Waals surface area (Å²) in [5.41, 5.74) is 5.94. The van der Waals surface area contributed by atoms with Gasteiger partial charge in [-0.2, -0.15) is 5.10 Å². The number of hydrogen-bond donors (Lipinski definition) is 0. The summed E-state index contributed by atoms with van der Waals surface area (Å²) < 4.78 is 7.22. The molecule has 0 unspecified atom stereocenters. The van der Waals surface area contributed by atoms with Crippen LogP contribution in [0.2, 0.25) is 0 Å². The van der Waals surface area contributed by atoms with E-state index in [0.717, 1.165) is 47.8 Å². The fraction of sp³-hybridized carbons (Fsp3) is 0.353. The Bertz CT molecular complexity index is 1500. The van der Waals surface area contributed by atoms with Crippen molar-refractivity contribution in [3.63, 3.8) is 0 Å². The van der Waals surface area contributed by atoms with Crippen molar-refractivity contribution in [1.29, 1.82) is 0 Å². The molecule has 1 saturated heterocycles. The predicted molar refractivity (Wildman–Crippen MR) is 164 cm³/mol. The molecule has 1 aliphatic rings. The van der Waals surface area contributed by atoms with Gasteiger partial charge in [-0.15, -0.1) is 0 Å². The van der Waals surface area contributed by atoms with Crippen molar-refractivity contribution in [3.05, 3.63) is 102 Å². The van der Waals surface area contributed by atoms with Crippen LogP contribution in [0.15, 0.2) is 79.0 Å². The van der Waals surface area contributed by atoms with Crippen LogP contribution in [0.25, 0.3) is 16.9 Å². The zero-order valence-corrected chi connectivity index (χ0v) is 24.9. The molecule has 5 rings (SSSR count). The van der Waals surface area contributed by atoms with Gasteiger partial charge in [0.05, 0.1) is 23.7 Å². The highest BCUT2D eigenvalue weighted by molar-refractivity contribution is 5.92. The molecule has 42 heavy (non-hydrogen) atoms. The van der Waals surface area contributed by atoms with Crippen LogP contribution >= 0.6 is 0 Å². The molecular weight excluding hydrogens is 526 g/mol. The van der Waals surface area contributed by atoms with E-state index in [9.17, 15) is 9.59 Å². The smallest absolute Gasteiger partial charge is 0.271 e. The predicted octanol–water partition coefficient (Wildman–Crippen LogP) is 4.81. The van der Waals surface area contributed by atoms with Gasteiger partial charge in [0.1, 0.15) is 11.5 Å². The van der Waals surface area contributed by atoms with Crippen molar-refractivity contribution in [1.82, 2.24) is 24.6 Å². The highest BCUT2D eigenvalue weighted by Crippen LogP contribution is 2.35. The first-order valence-corrected chi connectivity index (χ1v) is 14.5. The Labute approximate surface area is 247 Å². The Morgan fingerprint density at radius 1 is 0.976 bits per heavy atom. The molecule has 0 N–H and O–H groups in total. The number of ether oxygens (including phenoxy) is 1. The minimum Gasteiger partial charge on any atom is -0.383 e. The molecule has 3 heterocycles. The van der Waals surface area contributed by atoms with Gasteiger partial charge in [-0.3, -0.25) is 14.6 Å². The van der Waals surface area contributed by atoms with Crippen LogP contribution in [0, 0.1) is 12.8 Å². The number of carbonyl (C=O) groups excluding carboxylic acids is 2. The number of amides is 1. The van der Waals surface area contributed by atoms with Crippen LogP contribution in [0.3, 0.4) is 0 Å². The third kappa shape index (κ3) is 6.50. The van der Waals surface area contributed by atoms with Crippen molar-refractivity contribution in [2.75, 3.05) is 47.4 Å². The maximum Gasteiger partial charge on any atom is 0.271 e. The average Bonchev–Trinajstić information content (AvgIpc) is 3.56. The largest absolute Gasteiger partial charge is 0.383 e. The average molecular weight is 566 g/mol. The van der Waals surface area contributed by atoms with Crippen LogP contribution in [0.1, 0.15) is 39.6 Å². The standard InChI is InChI=1S/C34H39N5O3/c1-24-32(20-29(40)19-27-22-38(17-18-42-4)23-30(27)25-11-7-5-8-12-25)39(28-13-9-6-10-14-28)36-33(24)26-15-16-31(35-21-26)34(41)37(2)3/h5-16,21,27,30H,17-20,22-23H2,1-4H3/t27-,30+/m1/s1. The number of rotatable bonds is 11. The van der Waals surface area contributed by atoms with E-state index in [1.165, 1.54) is 10.5 Å². The Hall–Kier alpha value is -4.14. The molecular formula is C34H39N5O3. The number of nitrogens with zero attached hydrogens (tertiary/aromatic N) is 5. The Morgan fingerprint density at radius 3 is 2.33 bits per heavy atom. The first-order chi connectivity index (χ1) is 20.4. The lowest BCUT2D eigenvalue weighted by Gasteiger charge is -2.18. The van der Waals surface area contributed by atoms with Crippen LogP contribution in [0.5, 0.6) is 0 Å². The third-order valence-corrected chi connectivity index (χ3v) is 8.12. The SMILES string of the molecule is COCCN1C[C@@H](CC(=O)Cc2c(C)c(-c3ccc(C(=O)N(C)C)nc3)nn2-c2ccccc2)[C@H](c2ccccc2)C1. The molecule has 2 aromatic heterocycles. The minimum atomic E-state index is -0.152. The maximum absolute atomic E-state index is 13.8. The lowest BCUT2D eigenvalue weighted by molar-refractivity contribution is -0.119. The molecule has 1 aliphatic heterocycles. The molecule has 4 aromatic rings. The zero-order valence-electron chi connectivity index (χ0n) is 24.9. The van der Waals surface area contributed by atoms with Crippen molar-refractivity contribution in [2.24, 2.45) is 5.92 Å². The molecule has 0 saturated carbocycles. The summed E-state index contributed by atoms with van der Waals surface area (Å²) in [6.45, 7) is 5.36. The van der Waals surface area contributed by atoms with E-state index in [4.69, 9.17) is 9.84 Å². The summed E-state index contributed by atoms with van der Waals surface area (Å²) in [6.07, 6.45) is 2.47. The van der Waals surface area contributed by atoms with Gasteiger partial charge in [-0.1, -0.05) is 48.5 Å². The van der Waals surface area contributed by atoms with Gasteiger partial charge < -0.3 is 14.5 Å². The van der Waals surface area contributed by atoms with Gasteiger partial charge in [0, 0.05) is 71.4 Å². The molecule has 218 valence electrons. The minimum absolute atomic E-state index is 0.152. The molecule has 1 fully saturated rings. The van der Waals surface area contributed by atoms with E-state index < -0.39 is 0 Å². The van der Waals surface area contributed by atoms with Gasteiger partial charge in [-0.05, 0) is 48.2 Å². The van der Waals surface area contributed by atoms with Gasteiger partial charge >= 0.3 is 0 Å². The number of benzene rings is 2. The monoisotopic (exact) mass is 565 g/mol. The Morgan fingerprint density at radius 2 is 1.69 bits per heavy atom. The summed E-state index contributed by atoms with van der Waals surface area (Å²) in [7, 11) is 5.14. The normalized spacial score (nSPS) is 17.0. The molecule has 0 aliphatic carbocycles. The third-order valence-electron chi connectivity index (χ3n) is 8.12. The second-order valence-electron chi connectivity index (χ2n) is 11.2. The number of hydrogen-bond acceptors (Lipinski definition) is 6. The fourth-order valence-corrected chi connectivity index (χ4v) is 5.88. The number of carbonyl (C=O) groups is 2. The van der Waals surface area contributed by atoms with E-state index in [-0.39, 0.29) is 24.0 Å². The van der Waals surface area contributed by atoms with E-state index in [0.29, 0.717) is 24.6 Å². The summed E-state index contributed by atoms with van der Waals surface area (Å²) in [6, 6.07) is 24.0. The quantitative estimate of drug-likeness (QED) is 0.260. The first kappa shape index (κ1) is 29.4. The van der Waals surface area contributed by atoms with Crippen LogP contribution in [0.4, 0.5) is 0 Å². The first-order valence-electron chi connectivity index (χ1n) is 14.5. The van der Waals surface area contributed by atoms with Gasteiger partial charge in [-0.25, -0.2) is 4.68 Å². The molecule has 0 radical (unpaired) electrons. The van der Waals surface area contributed by atoms with Crippen LogP contribution in [-0.4, -0.2) is 83.7 Å². The van der Waals surface area contributed by atoms with Gasteiger partial charge in [0.25, 0.3) is 5.91 Å².